The summed E-state index contributed by atoms with van der Waals surface area (Å²) in [6.45, 7) is 1.84. The maximum Gasteiger partial charge on any atom is 0.345 e. The fourth-order valence-corrected chi connectivity index (χ4v) is 2.76. The average molecular weight is 428 g/mol. The van der Waals surface area contributed by atoms with Crippen LogP contribution in [0.3, 0.4) is 0 Å². The Bertz CT molecular complexity index is 1070. The number of benzene rings is 2. The average Bonchev–Trinajstić information content (AvgIpc) is 2.69. The van der Waals surface area contributed by atoms with Crippen LogP contribution in [0.1, 0.15) is 32.0 Å². The Balaban J connectivity index is 1.58. The topological polar surface area (TPSA) is 80.6 Å². The quantitative estimate of drug-likeness (QED) is 0.277. The minimum Gasteiger partial charge on any atom is -0.423 e. The second kappa shape index (κ2) is 9.32. The molecule has 0 aliphatic rings. The van der Waals surface area contributed by atoms with E-state index in [-0.39, 0.29) is 16.5 Å². The minimum atomic E-state index is -0.591. The molecule has 0 saturated carbocycles. The number of aromatic nitrogens is 1. The zero-order valence-corrected chi connectivity index (χ0v) is 16.7. The highest BCUT2D eigenvalue weighted by atomic mass is 35.5. The van der Waals surface area contributed by atoms with E-state index in [1.54, 1.807) is 42.5 Å². The lowest BCUT2D eigenvalue weighted by atomic mass is 10.2. The maximum absolute atomic E-state index is 12.2. The smallest absolute Gasteiger partial charge is 0.345 e. The molecular formula is C21H15Cl2N3O3. The highest BCUT2D eigenvalue weighted by molar-refractivity contribution is 6.36. The summed E-state index contributed by atoms with van der Waals surface area (Å²) in [4.78, 5) is 28.2. The van der Waals surface area contributed by atoms with Gasteiger partial charge in [-0.15, -0.1) is 0 Å². The van der Waals surface area contributed by atoms with Crippen LogP contribution in [0, 0.1) is 6.92 Å². The van der Waals surface area contributed by atoms with E-state index in [1.807, 2.05) is 6.92 Å². The van der Waals surface area contributed by atoms with Crippen LogP contribution in [0.15, 0.2) is 65.9 Å². The molecule has 0 radical (unpaired) electrons. The lowest BCUT2D eigenvalue weighted by molar-refractivity contribution is 0.0734. The molecule has 0 aliphatic carbocycles. The maximum atomic E-state index is 12.2. The van der Waals surface area contributed by atoms with Crippen molar-refractivity contribution in [2.75, 3.05) is 0 Å². The van der Waals surface area contributed by atoms with Crippen molar-refractivity contribution in [3.63, 3.8) is 0 Å². The molecule has 0 spiro atoms. The Morgan fingerprint density at radius 1 is 1.07 bits per heavy atom. The molecule has 3 aromatic rings. The Morgan fingerprint density at radius 2 is 1.83 bits per heavy atom. The van der Waals surface area contributed by atoms with Crippen LogP contribution in [0.2, 0.25) is 10.0 Å². The molecule has 0 aliphatic heterocycles. The second-order valence-corrected chi connectivity index (χ2v) is 6.81. The van der Waals surface area contributed by atoms with Crippen LogP contribution >= 0.6 is 23.2 Å². The van der Waals surface area contributed by atoms with Gasteiger partial charge in [-0.05, 0) is 67.1 Å². The number of aryl methyl sites for hydroxylation is 1. The van der Waals surface area contributed by atoms with Gasteiger partial charge in [-0.3, -0.25) is 9.78 Å². The van der Waals surface area contributed by atoms with Crippen LogP contribution in [0.4, 0.5) is 0 Å². The van der Waals surface area contributed by atoms with Crippen molar-refractivity contribution in [1.29, 1.82) is 0 Å². The molecular weight excluding hydrogens is 413 g/mol. The summed E-state index contributed by atoms with van der Waals surface area (Å²) >= 11 is 11.8. The van der Waals surface area contributed by atoms with Gasteiger partial charge in [0.2, 0.25) is 0 Å². The zero-order chi connectivity index (χ0) is 20.8. The number of ether oxygens (including phenoxy) is 1. The summed E-state index contributed by atoms with van der Waals surface area (Å²) in [6.07, 6.45) is 2.96. The first-order chi connectivity index (χ1) is 13.9. The molecule has 29 heavy (non-hydrogen) atoms. The largest absolute Gasteiger partial charge is 0.423 e. The lowest BCUT2D eigenvalue weighted by Gasteiger charge is -2.06. The van der Waals surface area contributed by atoms with E-state index < -0.39 is 5.97 Å². The number of nitrogens with one attached hydrogen (secondary N) is 1. The van der Waals surface area contributed by atoms with Gasteiger partial charge in [0.15, 0.2) is 0 Å². The standard InChI is InChI=1S/C21H15Cl2N3O3/c1-13-2-5-15(12-24-13)20(27)26-25-11-14-3-7-17(8-4-14)29-21(28)18-9-6-16(22)10-19(18)23/h2-12H,1H3,(H,26,27). The molecule has 6 nitrogen and oxygen atoms in total. The molecule has 1 N–H and O–H groups in total. The van der Waals surface area contributed by atoms with E-state index in [9.17, 15) is 9.59 Å². The molecule has 2 aromatic carbocycles. The number of amides is 1. The number of nitrogens with zero attached hydrogens (tertiary/aromatic N) is 2. The van der Waals surface area contributed by atoms with Crippen molar-refractivity contribution >= 4 is 41.3 Å². The van der Waals surface area contributed by atoms with E-state index in [1.165, 1.54) is 24.5 Å². The summed E-state index contributed by atoms with van der Waals surface area (Å²) in [6, 6.07) is 14.5. The SMILES string of the molecule is Cc1ccc(C(=O)NN=Cc2ccc(OC(=O)c3ccc(Cl)cc3Cl)cc2)cn1. The summed E-state index contributed by atoms with van der Waals surface area (Å²) in [5, 5.41) is 4.55. The van der Waals surface area contributed by atoms with Gasteiger partial charge < -0.3 is 4.74 Å². The third-order valence-corrected chi connectivity index (χ3v) is 4.34. The molecule has 1 amide bonds. The highest BCUT2D eigenvalue weighted by Gasteiger charge is 2.13. The molecule has 146 valence electrons. The fourth-order valence-electron chi connectivity index (χ4n) is 2.27. The van der Waals surface area contributed by atoms with E-state index >= 15 is 0 Å². The number of rotatable bonds is 5. The molecule has 0 unspecified atom stereocenters. The Labute approximate surface area is 177 Å². The van der Waals surface area contributed by atoms with Gasteiger partial charge in [-0.25, -0.2) is 10.2 Å². The van der Waals surface area contributed by atoms with Crippen LogP contribution in [-0.2, 0) is 0 Å². The van der Waals surface area contributed by atoms with Crippen LogP contribution in [0.25, 0.3) is 0 Å². The van der Waals surface area contributed by atoms with E-state index in [0.29, 0.717) is 21.9 Å². The third-order valence-electron chi connectivity index (χ3n) is 3.79. The van der Waals surface area contributed by atoms with E-state index in [0.717, 1.165) is 5.69 Å². The van der Waals surface area contributed by atoms with Crippen molar-refractivity contribution in [1.82, 2.24) is 10.4 Å². The highest BCUT2D eigenvalue weighted by Crippen LogP contribution is 2.22. The van der Waals surface area contributed by atoms with Gasteiger partial charge in [0.1, 0.15) is 5.75 Å². The van der Waals surface area contributed by atoms with Crippen LogP contribution in [0.5, 0.6) is 5.75 Å². The summed E-state index contributed by atoms with van der Waals surface area (Å²) in [5.74, 6) is -0.612. The number of halogens is 2. The molecule has 0 saturated heterocycles. The third kappa shape index (κ3) is 5.63. The molecule has 3 rings (SSSR count). The number of carbonyl (C=O) groups excluding carboxylic acids is 2. The second-order valence-electron chi connectivity index (χ2n) is 5.97. The zero-order valence-electron chi connectivity index (χ0n) is 15.2. The molecule has 1 heterocycles. The van der Waals surface area contributed by atoms with Gasteiger partial charge in [-0.2, -0.15) is 5.10 Å². The van der Waals surface area contributed by atoms with Gasteiger partial charge in [0.25, 0.3) is 5.91 Å². The molecule has 8 heteroatoms. The molecule has 0 bridgehead atoms. The van der Waals surface area contributed by atoms with Crippen molar-refractivity contribution in [3.8, 4) is 5.75 Å². The lowest BCUT2D eigenvalue weighted by Crippen LogP contribution is -2.17. The molecule has 0 atom stereocenters. The molecule has 0 fully saturated rings. The van der Waals surface area contributed by atoms with Crippen molar-refractivity contribution in [2.45, 2.75) is 6.92 Å². The fraction of sp³-hybridized carbons (Fsp3) is 0.0476. The number of carbonyl (C=O) groups is 2. The number of hydrazone groups is 1. The normalized spacial score (nSPS) is 10.7. The number of hydrogen-bond donors (Lipinski definition) is 1. The van der Waals surface area contributed by atoms with Crippen LogP contribution in [-0.4, -0.2) is 23.1 Å². The minimum absolute atomic E-state index is 0.214. The van der Waals surface area contributed by atoms with Crippen molar-refractivity contribution in [2.24, 2.45) is 5.10 Å². The molecule has 1 aromatic heterocycles. The summed E-state index contributed by atoms with van der Waals surface area (Å²) in [7, 11) is 0. The van der Waals surface area contributed by atoms with Crippen molar-refractivity contribution in [3.05, 3.63) is 93.2 Å². The van der Waals surface area contributed by atoms with E-state index in [4.69, 9.17) is 27.9 Å². The first-order valence-electron chi connectivity index (χ1n) is 8.46. The van der Waals surface area contributed by atoms with Gasteiger partial charge in [-0.1, -0.05) is 23.2 Å². The Morgan fingerprint density at radius 3 is 2.48 bits per heavy atom. The summed E-state index contributed by atoms with van der Waals surface area (Å²) < 4.78 is 5.30. The van der Waals surface area contributed by atoms with Crippen LogP contribution < -0.4 is 10.2 Å². The first kappa shape index (κ1) is 20.5. The monoisotopic (exact) mass is 427 g/mol. The van der Waals surface area contributed by atoms with Crippen molar-refractivity contribution < 1.29 is 14.3 Å². The van der Waals surface area contributed by atoms with E-state index in [2.05, 4.69) is 15.5 Å². The summed E-state index contributed by atoms with van der Waals surface area (Å²) in [5.41, 5.74) is 4.58. The Hall–Kier alpha value is -3.22. The number of hydrogen-bond acceptors (Lipinski definition) is 5. The van der Waals surface area contributed by atoms with Gasteiger partial charge in [0.05, 0.1) is 22.4 Å². The first-order valence-corrected chi connectivity index (χ1v) is 9.21. The Kier molecular flexibility index (Phi) is 6.59. The predicted molar refractivity (Wildman–Crippen MR) is 112 cm³/mol. The number of pyridine rings is 1. The predicted octanol–water partition coefficient (Wildman–Crippen LogP) is 4.68. The number of esters is 1. The van der Waals surface area contributed by atoms with Gasteiger partial charge >= 0.3 is 5.97 Å². The van der Waals surface area contributed by atoms with Gasteiger partial charge in [0, 0.05) is 16.9 Å².